The standard InChI is InChI=1S/C8H4Cl2N2O/c9-5-1-2-7-11-8(10)6(4-13)12(7)3-5/h1-4H. The number of pyridine rings is 1. The van der Waals surface area contributed by atoms with E-state index in [0.717, 1.165) is 0 Å². The van der Waals surface area contributed by atoms with Crippen LogP contribution in [0.1, 0.15) is 10.5 Å². The summed E-state index contributed by atoms with van der Waals surface area (Å²) in [6.45, 7) is 0. The van der Waals surface area contributed by atoms with Crippen LogP contribution in [0.25, 0.3) is 5.65 Å². The molecule has 0 unspecified atom stereocenters. The van der Waals surface area contributed by atoms with Gasteiger partial charge in [-0.05, 0) is 12.1 Å². The highest BCUT2D eigenvalue weighted by atomic mass is 35.5. The minimum absolute atomic E-state index is 0.192. The van der Waals surface area contributed by atoms with Crippen molar-refractivity contribution in [3.05, 3.63) is 34.2 Å². The molecule has 5 heteroatoms. The molecule has 0 saturated heterocycles. The molecule has 0 spiro atoms. The van der Waals surface area contributed by atoms with Gasteiger partial charge in [0.15, 0.2) is 11.4 Å². The fraction of sp³-hybridized carbons (Fsp3) is 0. The number of hydrogen-bond acceptors (Lipinski definition) is 2. The second-order valence-corrected chi connectivity index (χ2v) is 3.28. The van der Waals surface area contributed by atoms with Crippen molar-refractivity contribution in [2.45, 2.75) is 0 Å². The third kappa shape index (κ3) is 1.30. The largest absolute Gasteiger partial charge is 0.296 e. The predicted octanol–water partition coefficient (Wildman–Crippen LogP) is 2.45. The smallest absolute Gasteiger partial charge is 0.170 e. The molecule has 2 aromatic heterocycles. The van der Waals surface area contributed by atoms with Crippen molar-refractivity contribution in [2.75, 3.05) is 0 Å². The Labute approximate surface area is 83.9 Å². The first-order valence-electron chi connectivity index (χ1n) is 3.50. The summed E-state index contributed by atoms with van der Waals surface area (Å²) in [5.74, 6) is 0. The molecule has 0 aliphatic rings. The lowest BCUT2D eigenvalue weighted by atomic mass is 10.4. The van der Waals surface area contributed by atoms with Crippen molar-refractivity contribution < 1.29 is 4.79 Å². The molecular formula is C8H4Cl2N2O. The van der Waals surface area contributed by atoms with E-state index < -0.39 is 0 Å². The topological polar surface area (TPSA) is 34.4 Å². The molecular weight excluding hydrogens is 211 g/mol. The normalized spacial score (nSPS) is 10.6. The number of aromatic nitrogens is 2. The van der Waals surface area contributed by atoms with Gasteiger partial charge in [-0.1, -0.05) is 23.2 Å². The van der Waals surface area contributed by atoms with E-state index in [1.807, 2.05) is 0 Å². The Hall–Kier alpha value is -1.06. The summed E-state index contributed by atoms with van der Waals surface area (Å²) in [6.07, 6.45) is 2.25. The minimum Gasteiger partial charge on any atom is -0.296 e. The van der Waals surface area contributed by atoms with E-state index in [9.17, 15) is 4.79 Å². The minimum atomic E-state index is 0.192. The lowest BCUT2D eigenvalue weighted by Gasteiger charge is -1.94. The van der Waals surface area contributed by atoms with Crippen molar-refractivity contribution in [1.82, 2.24) is 9.38 Å². The third-order valence-corrected chi connectivity index (χ3v) is 2.19. The maximum atomic E-state index is 10.6. The highest BCUT2D eigenvalue weighted by molar-refractivity contribution is 6.32. The summed E-state index contributed by atoms with van der Waals surface area (Å²) in [6, 6.07) is 3.38. The molecule has 0 atom stereocenters. The molecule has 0 aliphatic heterocycles. The van der Waals surface area contributed by atoms with E-state index in [4.69, 9.17) is 23.2 Å². The fourth-order valence-electron chi connectivity index (χ4n) is 1.11. The van der Waals surface area contributed by atoms with Crippen LogP contribution in [0.15, 0.2) is 18.3 Å². The fourth-order valence-corrected chi connectivity index (χ4v) is 1.50. The number of hydrogen-bond donors (Lipinski definition) is 0. The lowest BCUT2D eigenvalue weighted by Crippen LogP contribution is -1.90. The lowest BCUT2D eigenvalue weighted by molar-refractivity contribution is 0.111. The first kappa shape index (κ1) is 8.53. The van der Waals surface area contributed by atoms with E-state index in [1.54, 1.807) is 22.7 Å². The zero-order chi connectivity index (χ0) is 9.42. The van der Waals surface area contributed by atoms with Gasteiger partial charge in [-0.2, -0.15) is 0 Å². The average Bonchev–Trinajstić information content (AvgIpc) is 2.40. The second kappa shape index (κ2) is 3.01. The summed E-state index contributed by atoms with van der Waals surface area (Å²) >= 11 is 11.5. The van der Waals surface area contributed by atoms with E-state index >= 15 is 0 Å². The Morgan fingerprint density at radius 1 is 1.38 bits per heavy atom. The Bertz CT molecular complexity index is 478. The molecule has 0 saturated carbocycles. The van der Waals surface area contributed by atoms with E-state index in [2.05, 4.69) is 4.98 Å². The van der Waals surface area contributed by atoms with Gasteiger partial charge in [0.25, 0.3) is 0 Å². The van der Waals surface area contributed by atoms with Crippen LogP contribution >= 0.6 is 23.2 Å². The van der Waals surface area contributed by atoms with Crippen molar-refractivity contribution in [3.8, 4) is 0 Å². The Kier molecular flexibility index (Phi) is 1.98. The van der Waals surface area contributed by atoms with Crippen molar-refractivity contribution in [1.29, 1.82) is 0 Å². The van der Waals surface area contributed by atoms with Gasteiger partial charge in [-0.3, -0.25) is 9.20 Å². The maximum Gasteiger partial charge on any atom is 0.170 e. The number of imidazole rings is 1. The van der Waals surface area contributed by atoms with Gasteiger partial charge in [0.1, 0.15) is 11.3 Å². The van der Waals surface area contributed by atoms with Crippen LogP contribution in [0.3, 0.4) is 0 Å². The molecule has 13 heavy (non-hydrogen) atoms. The molecule has 0 bridgehead atoms. The summed E-state index contributed by atoms with van der Waals surface area (Å²) in [5, 5.41) is 0.724. The van der Waals surface area contributed by atoms with E-state index in [0.29, 0.717) is 22.6 Å². The zero-order valence-corrected chi connectivity index (χ0v) is 7.88. The van der Waals surface area contributed by atoms with Crippen LogP contribution in [0.4, 0.5) is 0 Å². The SMILES string of the molecule is O=Cc1c(Cl)nc2ccc(Cl)cn12. The van der Waals surface area contributed by atoms with Gasteiger partial charge in [0, 0.05) is 6.20 Å². The van der Waals surface area contributed by atoms with Crippen LogP contribution < -0.4 is 0 Å². The summed E-state index contributed by atoms with van der Waals surface area (Å²) < 4.78 is 1.55. The van der Waals surface area contributed by atoms with Crippen molar-refractivity contribution in [3.63, 3.8) is 0 Å². The van der Waals surface area contributed by atoms with E-state index in [1.165, 1.54) is 0 Å². The first-order chi connectivity index (χ1) is 6.22. The van der Waals surface area contributed by atoms with Gasteiger partial charge < -0.3 is 0 Å². The van der Waals surface area contributed by atoms with Gasteiger partial charge in [-0.15, -0.1) is 0 Å². The van der Waals surface area contributed by atoms with Crippen molar-refractivity contribution in [2.24, 2.45) is 0 Å². The highest BCUT2D eigenvalue weighted by Crippen LogP contribution is 2.18. The van der Waals surface area contributed by atoms with Crippen LogP contribution in [0, 0.1) is 0 Å². The molecule has 2 rings (SSSR count). The quantitative estimate of drug-likeness (QED) is 0.684. The van der Waals surface area contributed by atoms with Crippen LogP contribution in [0.2, 0.25) is 10.2 Å². The van der Waals surface area contributed by atoms with Crippen molar-refractivity contribution >= 4 is 35.1 Å². The maximum absolute atomic E-state index is 10.6. The molecule has 0 aromatic carbocycles. The molecule has 0 aliphatic carbocycles. The van der Waals surface area contributed by atoms with Crippen LogP contribution in [0.5, 0.6) is 0 Å². The average molecular weight is 215 g/mol. The molecule has 3 nitrogen and oxygen atoms in total. The molecule has 0 fully saturated rings. The number of aldehydes is 1. The Morgan fingerprint density at radius 3 is 2.85 bits per heavy atom. The van der Waals surface area contributed by atoms with Gasteiger partial charge in [0.05, 0.1) is 5.02 Å². The molecule has 2 heterocycles. The number of halogens is 2. The summed E-state index contributed by atoms with van der Waals surface area (Å²) in [7, 11) is 0. The van der Waals surface area contributed by atoms with Crippen LogP contribution in [-0.2, 0) is 0 Å². The number of nitrogens with zero attached hydrogens (tertiary/aromatic N) is 2. The number of fused-ring (bicyclic) bond motifs is 1. The number of carbonyl (C=O) groups is 1. The molecule has 0 amide bonds. The number of carbonyl (C=O) groups excluding carboxylic acids is 1. The molecule has 0 N–H and O–H groups in total. The highest BCUT2D eigenvalue weighted by Gasteiger charge is 2.08. The molecule has 0 radical (unpaired) electrons. The zero-order valence-electron chi connectivity index (χ0n) is 6.37. The Balaban J connectivity index is 2.88. The second-order valence-electron chi connectivity index (χ2n) is 2.48. The monoisotopic (exact) mass is 214 g/mol. The predicted molar refractivity (Wildman–Crippen MR) is 50.6 cm³/mol. The molecule has 2 aromatic rings. The van der Waals surface area contributed by atoms with E-state index in [-0.39, 0.29) is 5.15 Å². The Morgan fingerprint density at radius 2 is 2.15 bits per heavy atom. The number of rotatable bonds is 1. The van der Waals surface area contributed by atoms with Gasteiger partial charge in [0.2, 0.25) is 0 Å². The van der Waals surface area contributed by atoms with Gasteiger partial charge >= 0.3 is 0 Å². The summed E-state index contributed by atoms with van der Waals surface area (Å²) in [4.78, 5) is 14.6. The third-order valence-electron chi connectivity index (χ3n) is 1.69. The summed E-state index contributed by atoms with van der Waals surface area (Å²) in [5.41, 5.74) is 0.927. The first-order valence-corrected chi connectivity index (χ1v) is 4.26. The van der Waals surface area contributed by atoms with Gasteiger partial charge in [-0.25, -0.2) is 4.98 Å². The van der Waals surface area contributed by atoms with Crippen LogP contribution in [-0.4, -0.2) is 15.7 Å². The molecule has 66 valence electrons.